The normalized spacial score (nSPS) is 10.7. The topological polar surface area (TPSA) is 115 Å². The fraction of sp³-hybridized carbons (Fsp3) is 0.367. The van der Waals surface area contributed by atoms with Gasteiger partial charge in [0.2, 0.25) is 0 Å². The molecule has 0 fully saturated rings. The lowest BCUT2D eigenvalue weighted by molar-refractivity contribution is -0.134. The molecule has 7 heteroatoms. The first kappa shape index (κ1) is 31.5. The Balaban J connectivity index is 0.000000738. The van der Waals surface area contributed by atoms with E-state index in [2.05, 4.69) is 42.8 Å². The zero-order valence-corrected chi connectivity index (χ0v) is 21.6. The Bertz CT molecular complexity index is 980. The van der Waals surface area contributed by atoms with Crippen LogP contribution < -0.4 is 0 Å². The fourth-order valence-corrected chi connectivity index (χ4v) is 3.64. The number of hydrogen-bond donors (Lipinski definition) is 3. The quantitative estimate of drug-likeness (QED) is 0.117. The molecule has 3 N–H and O–H groups in total. The number of aliphatic hydroxyl groups excluding tert-OH is 1. The van der Waals surface area contributed by atoms with Gasteiger partial charge in [0.1, 0.15) is 0 Å². The predicted octanol–water partition coefficient (Wildman–Crippen LogP) is 5.59. The van der Waals surface area contributed by atoms with Gasteiger partial charge in [0, 0.05) is 43.8 Å². The fourth-order valence-electron chi connectivity index (χ4n) is 3.64. The van der Waals surface area contributed by atoms with Crippen molar-refractivity contribution in [2.45, 2.75) is 51.5 Å². The van der Waals surface area contributed by atoms with Crippen molar-refractivity contribution in [3.05, 3.63) is 84.5 Å². The smallest absolute Gasteiger partial charge is 0.328 e. The van der Waals surface area contributed by atoms with Crippen molar-refractivity contribution >= 4 is 17.7 Å². The molecule has 0 atom stereocenters. The Hall–Kier alpha value is -3.55. The van der Waals surface area contributed by atoms with E-state index in [1.165, 1.54) is 11.1 Å². The summed E-state index contributed by atoms with van der Waals surface area (Å²) >= 11 is 0. The molecule has 0 radical (unpaired) electrons. The Labute approximate surface area is 219 Å². The van der Waals surface area contributed by atoms with E-state index in [0.29, 0.717) is 18.6 Å². The minimum absolute atomic E-state index is 0.229. The second-order valence-electron chi connectivity index (χ2n) is 8.79. The third-order valence-electron chi connectivity index (χ3n) is 5.57. The number of carbonyl (C=O) groups is 3. The maximum atomic E-state index is 12.4. The minimum Gasteiger partial charge on any atom is -0.478 e. The third kappa shape index (κ3) is 14.6. The highest BCUT2D eigenvalue weighted by molar-refractivity contribution is 5.96. The SMILES string of the molecule is C=CCN(C)Cc1ccc(-c2ccc(C(=O)CCCCCCCCO)cc2)cc1.O=C(O)/C=C/C(=O)O. The molecule has 2 aromatic rings. The lowest BCUT2D eigenvalue weighted by Crippen LogP contribution is -2.17. The van der Waals surface area contributed by atoms with Gasteiger partial charge in [0.05, 0.1) is 0 Å². The van der Waals surface area contributed by atoms with Gasteiger partial charge in [-0.3, -0.25) is 9.69 Å². The predicted molar refractivity (Wildman–Crippen MR) is 147 cm³/mol. The molecule has 0 unspecified atom stereocenters. The first-order valence-corrected chi connectivity index (χ1v) is 12.5. The number of ketones is 1. The number of rotatable bonds is 16. The monoisotopic (exact) mass is 509 g/mol. The lowest BCUT2D eigenvalue weighted by Gasteiger charge is -2.14. The summed E-state index contributed by atoms with van der Waals surface area (Å²) in [6.45, 7) is 5.84. The summed E-state index contributed by atoms with van der Waals surface area (Å²) in [6, 6.07) is 16.6. The van der Waals surface area contributed by atoms with Gasteiger partial charge >= 0.3 is 11.9 Å². The second kappa shape index (κ2) is 18.7. The maximum absolute atomic E-state index is 12.4. The number of likely N-dealkylation sites (N-methyl/N-ethyl adjacent to an activating group) is 1. The zero-order chi connectivity index (χ0) is 27.5. The number of aliphatic hydroxyl groups is 1. The number of hydrogen-bond acceptors (Lipinski definition) is 5. The van der Waals surface area contributed by atoms with Crippen LogP contribution in [0.1, 0.15) is 60.9 Å². The van der Waals surface area contributed by atoms with Crippen LogP contribution >= 0.6 is 0 Å². The molecule has 7 nitrogen and oxygen atoms in total. The van der Waals surface area contributed by atoms with Crippen LogP contribution in [0, 0.1) is 0 Å². The Morgan fingerprint density at radius 1 is 0.784 bits per heavy atom. The lowest BCUT2D eigenvalue weighted by atomic mass is 9.99. The summed E-state index contributed by atoms with van der Waals surface area (Å²) < 4.78 is 0. The van der Waals surface area contributed by atoms with Crippen LogP contribution in [0.15, 0.2) is 73.3 Å². The Morgan fingerprint density at radius 3 is 1.76 bits per heavy atom. The van der Waals surface area contributed by atoms with Crippen LogP contribution in [0.4, 0.5) is 0 Å². The second-order valence-corrected chi connectivity index (χ2v) is 8.79. The molecular weight excluding hydrogens is 470 g/mol. The van der Waals surface area contributed by atoms with Crippen LogP contribution in [-0.2, 0) is 16.1 Å². The van der Waals surface area contributed by atoms with Gasteiger partial charge < -0.3 is 15.3 Å². The number of benzene rings is 2. The molecule has 37 heavy (non-hydrogen) atoms. The first-order valence-electron chi connectivity index (χ1n) is 12.5. The average molecular weight is 510 g/mol. The van der Waals surface area contributed by atoms with Crippen LogP contribution in [0.5, 0.6) is 0 Å². The molecule has 0 aliphatic rings. The minimum atomic E-state index is -1.26. The molecule has 0 bridgehead atoms. The number of carbonyl (C=O) groups excluding carboxylic acids is 1. The van der Waals surface area contributed by atoms with Crippen molar-refractivity contribution in [2.75, 3.05) is 20.2 Å². The van der Waals surface area contributed by atoms with Crippen molar-refractivity contribution in [1.82, 2.24) is 4.90 Å². The first-order chi connectivity index (χ1) is 17.8. The van der Waals surface area contributed by atoms with Crippen molar-refractivity contribution in [1.29, 1.82) is 0 Å². The van der Waals surface area contributed by atoms with E-state index in [4.69, 9.17) is 15.3 Å². The van der Waals surface area contributed by atoms with Crippen LogP contribution in [0.25, 0.3) is 11.1 Å². The van der Waals surface area contributed by atoms with Crippen LogP contribution in [0.2, 0.25) is 0 Å². The van der Waals surface area contributed by atoms with Crippen molar-refractivity contribution < 1.29 is 29.7 Å². The molecule has 0 aliphatic heterocycles. The van der Waals surface area contributed by atoms with Crippen LogP contribution in [0.3, 0.4) is 0 Å². The number of Topliss-reactive ketones (excluding diaryl/α,β-unsaturated/α-hetero) is 1. The standard InChI is InChI=1S/C26H35NO2.C4H4O4/c1-3-19-27(2)21-22-11-13-23(14-12-22)24-15-17-25(18-16-24)26(29)10-8-6-4-5-7-9-20-28;5-3(6)1-2-4(7)8/h3,11-18,28H,1,4-10,19-21H2,2H3;1-2H,(H,5,6)(H,7,8)/b;2-1+. The summed E-state index contributed by atoms with van der Waals surface area (Å²) in [7, 11) is 2.09. The molecule has 0 heterocycles. The largest absolute Gasteiger partial charge is 0.478 e. The highest BCUT2D eigenvalue weighted by Gasteiger charge is 2.07. The summed E-state index contributed by atoms with van der Waals surface area (Å²) in [6.07, 6.45) is 9.94. The van der Waals surface area contributed by atoms with Crippen LogP contribution in [-0.4, -0.2) is 58.1 Å². The van der Waals surface area contributed by atoms with Gasteiger partial charge in [-0.25, -0.2) is 9.59 Å². The molecule has 0 spiro atoms. The number of carboxylic acid groups (broad SMARTS) is 2. The molecule has 0 amide bonds. The molecule has 0 saturated heterocycles. The van der Waals surface area contributed by atoms with E-state index in [0.717, 1.165) is 62.7 Å². The van der Waals surface area contributed by atoms with E-state index in [1.54, 1.807) is 0 Å². The number of unbranched alkanes of at least 4 members (excludes halogenated alkanes) is 5. The molecule has 2 aromatic carbocycles. The van der Waals surface area contributed by atoms with E-state index in [1.807, 2.05) is 30.3 Å². The van der Waals surface area contributed by atoms with E-state index < -0.39 is 11.9 Å². The van der Waals surface area contributed by atoms with Crippen molar-refractivity contribution in [3.8, 4) is 11.1 Å². The Morgan fingerprint density at radius 2 is 1.27 bits per heavy atom. The van der Waals surface area contributed by atoms with E-state index in [-0.39, 0.29) is 12.4 Å². The Kier molecular flexibility index (Phi) is 15.9. The maximum Gasteiger partial charge on any atom is 0.328 e. The summed E-state index contributed by atoms with van der Waals surface area (Å²) in [5.74, 6) is -2.28. The van der Waals surface area contributed by atoms with Crippen molar-refractivity contribution in [3.63, 3.8) is 0 Å². The van der Waals surface area contributed by atoms with Gasteiger partial charge in [-0.05, 0) is 36.6 Å². The summed E-state index contributed by atoms with van der Waals surface area (Å²) in [5, 5.41) is 24.4. The molecule has 0 aliphatic carbocycles. The molecule has 0 saturated carbocycles. The van der Waals surface area contributed by atoms with Gasteiger partial charge in [0.25, 0.3) is 0 Å². The average Bonchev–Trinajstić information content (AvgIpc) is 2.88. The van der Waals surface area contributed by atoms with Gasteiger partial charge in [-0.15, -0.1) is 6.58 Å². The third-order valence-corrected chi connectivity index (χ3v) is 5.57. The summed E-state index contributed by atoms with van der Waals surface area (Å²) in [5.41, 5.74) is 4.39. The molecular formula is C30H39NO6. The molecule has 200 valence electrons. The number of nitrogens with zero attached hydrogens (tertiary/aromatic N) is 1. The van der Waals surface area contributed by atoms with Gasteiger partial charge in [0.15, 0.2) is 5.78 Å². The highest BCUT2D eigenvalue weighted by Crippen LogP contribution is 2.22. The number of carboxylic acids is 2. The zero-order valence-electron chi connectivity index (χ0n) is 21.6. The van der Waals surface area contributed by atoms with Gasteiger partial charge in [-0.2, -0.15) is 0 Å². The summed E-state index contributed by atoms with van der Waals surface area (Å²) in [4.78, 5) is 33.7. The van der Waals surface area contributed by atoms with E-state index >= 15 is 0 Å². The van der Waals surface area contributed by atoms with E-state index in [9.17, 15) is 14.4 Å². The molecule has 2 rings (SSSR count). The van der Waals surface area contributed by atoms with Gasteiger partial charge in [-0.1, -0.05) is 80.3 Å². The molecule has 0 aromatic heterocycles. The van der Waals surface area contributed by atoms with Crippen molar-refractivity contribution in [2.24, 2.45) is 0 Å². The number of aliphatic carboxylic acids is 2. The highest BCUT2D eigenvalue weighted by atomic mass is 16.4.